The third-order valence-corrected chi connectivity index (χ3v) is 2.66. The molecule has 0 aromatic heterocycles. The van der Waals surface area contributed by atoms with E-state index in [1.165, 1.54) is 25.7 Å². The summed E-state index contributed by atoms with van der Waals surface area (Å²) >= 11 is 0. The first-order valence-corrected chi connectivity index (χ1v) is 5.77. The molecule has 0 aliphatic heterocycles. The van der Waals surface area contributed by atoms with Gasteiger partial charge in [-0.1, -0.05) is 58.6 Å². The molecule has 0 fully saturated rings. The summed E-state index contributed by atoms with van der Waals surface area (Å²) < 4.78 is 0. The van der Waals surface area contributed by atoms with E-state index in [1.54, 1.807) is 5.57 Å². The summed E-state index contributed by atoms with van der Waals surface area (Å²) in [5, 5.41) is 0. The Morgan fingerprint density at radius 2 is 1.85 bits per heavy atom. The molecule has 0 amide bonds. The maximum Gasteiger partial charge on any atom is -0.0262 e. The van der Waals surface area contributed by atoms with Gasteiger partial charge in [-0.15, -0.1) is 0 Å². The highest BCUT2D eigenvalue weighted by molar-refractivity contribution is 5.00. The predicted molar refractivity (Wildman–Crippen MR) is 61.9 cm³/mol. The number of hydrogen-bond acceptors (Lipinski definition) is 0. The Labute approximate surface area is 84.4 Å². The van der Waals surface area contributed by atoms with Crippen LogP contribution in [0.3, 0.4) is 0 Å². The van der Waals surface area contributed by atoms with Crippen LogP contribution in [0.5, 0.6) is 0 Å². The Kier molecular flexibility index (Phi) is 7.03. The molecule has 0 radical (unpaired) electrons. The number of allylic oxidation sites excluding steroid dienone is 2. The summed E-state index contributed by atoms with van der Waals surface area (Å²) in [4.78, 5) is 0. The molecular formula is C13H26. The molecule has 0 aromatic carbocycles. The van der Waals surface area contributed by atoms with Gasteiger partial charge in [-0.25, -0.2) is 0 Å². The van der Waals surface area contributed by atoms with E-state index < -0.39 is 0 Å². The van der Waals surface area contributed by atoms with Crippen molar-refractivity contribution in [1.29, 1.82) is 0 Å². The van der Waals surface area contributed by atoms with E-state index in [2.05, 4.69) is 40.7 Å². The van der Waals surface area contributed by atoms with Crippen molar-refractivity contribution in [2.45, 2.75) is 60.3 Å². The third kappa shape index (κ3) is 6.86. The highest BCUT2D eigenvalue weighted by atomic mass is 14.1. The first-order valence-electron chi connectivity index (χ1n) is 5.77. The Balaban J connectivity index is 3.83. The van der Waals surface area contributed by atoms with Gasteiger partial charge in [0.25, 0.3) is 0 Å². The van der Waals surface area contributed by atoms with Gasteiger partial charge in [-0.2, -0.15) is 0 Å². The maximum absolute atomic E-state index is 2.44. The Morgan fingerprint density at radius 1 is 1.23 bits per heavy atom. The molecule has 0 N–H and O–H groups in total. The fourth-order valence-electron chi connectivity index (χ4n) is 1.82. The van der Waals surface area contributed by atoms with Gasteiger partial charge in [-0.3, -0.25) is 0 Å². The Hall–Kier alpha value is -0.260. The third-order valence-electron chi connectivity index (χ3n) is 2.66. The standard InChI is InChI=1S/C13H26/c1-6-8-12(4)10-13(5)9-11(3)7-2/h9,11-12H,6-8,10H2,1-5H3/b13-9+. The topological polar surface area (TPSA) is 0 Å². The zero-order chi connectivity index (χ0) is 10.3. The van der Waals surface area contributed by atoms with Crippen molar-refractivity contribution in [1.82, 2.24) is 0 Å². The first-order chi connectivity index (χ1) is 6.10. The van der Waals surface area contributed by atoms with Crippen LogP contribution in [0.25, 0.3) is 0 Å². The number of rotatable bonds is 6. The van der Waals surface area contributed by atoms with Crippen LogP contribution in [0.1, 0.15) is 60.3 Å². The molecule has 0 bridgehead atoms. The molecule has 0 heteroatoms. The highest BCUT2D eigenvalue weighted by Crippen LogP contribution is 2.18. The average molecular weight is 182 g/mol. The van der Waals surface area contributed by atoms with Crippen molar-refractivity contribution in [3.63, 3.8) is 0 Å². The zero-order valence-corrected chi connectivity index (χ0v) is 10.1. The summed E-state index contributed by atoms with van der Waals surface area (Å²) in [5.74, 6) is 1.62. The fourth-order valence-corrected chi connectivity index (χ4v) is 1.82. The smallest absolute Gasteiger partial charge is 0.0262 e. The zero-order valence-electron chi connectivity index (χ0n) is 10.1. The number of hydrogen-bond donors (Lipinski definition) is 0. The SMILES string of the molecule is CCCC(C)C/C(C)=C/C(C)CC. The van der Waals surface area contributed by atoms with Crippen LogP contribution in [0.15, 0.2) is 11.6 Å². The molecule has 78 valence electrons. The minimum absolute atomic E-state index is 0.758. The summed E-state index contributed by atoms with van der Waals surface area (Å²) in [6.07, 6.45) is 7.67. The van der Waals surface area contributed by atoms with Crippen LogP contribution in [0.4, 0.5) is 0 Å². The van der Waals surface area contributed by atoms with Crippen LogP contribution in [0.2, 0.25) is 0 Å². The van der Waals surface area contributed by atoms with Crippen molar-refractivity contribution in [2.75, 3.05) is 0 Å². The second kappa shape index (κ2) is 7.17. The lowest BCUT2D eigenvalue weighted by atomic mass is 9.95. The normalized spacial score (nSPS) is 17.2. The molecular weight excluding hydrogens is 156 g/mol. The van der Waals surface area contributed by atoms with Gasteiger partial charge in [0.05, 0.1) is 0 Å². The fraction of sp³-hybridized carbons (Fsp3) is 0.846. The van der Waals surface area contributed by atoms with Gasteiger partial charge in [0.2, 0.25) is 0 Å². The summed E-state index contributed by atoms with van der Waals surface area (Å²) in [6.45, 7) is 11.5. The molecule has 0 aliphatic carbocycles. The van der Waals surface area contributed by atoms with Gasteiger partial charge in [0, 0.05) is 0 Å². The van der Waals surface area contributed by atoms with Crippen molar-refractivity contribution < 1.29 is 0 Å². The Bertz CT molecular complexity index is 144. The molecule has 0 heterocycles. The van der Waals surface area contributed by atoms with Crippen LogP contribution in [0, 0.1) is 11.8 Å². The molecule has 0 aliphatic rings. The molecule has 0 spiro atoms. The quantitative estimate of drug-likeness (QED) is 0.517. The lowest BCUT2D eigenvalue weighted by Gasteiger charge is -2.11. The van der Waals surface area contributed by atoms with E-state index in [-0.39, 0.29) is 0 Å². The van der Waals surface area contributed by atoms with E-state index in [0.29, 0.717) is 0 Å². The van der Waals surface area contributed by atoms with Crippen LogP contribution >= 0.6 is 0 Å². The van der Waals surface area contributed by atoms with Crippen LogP contribution in [-0.2, 0) is 0 Å². The lowest BCUT2D eigenvalue weighted by Crippen LogP contribution is -1.96. The van der Waals surface area contributed by atoms with Gasteiger partial charge in [-0.05, 0) is 25.2 Å². The van der Waals surface area contributed by atoms with Crippen molar-refractivity contribution in [3.8, 4) is 0 Å². The second-order valence-electron chi connectivity index (χ2n) is 4.50. The van der Waals surface area contributed by atoms with Crippen LogP contribution in [-0.4, -0.2) is 0 Å². The van der Waals surface area contributed by atoms with E-state index in [9.17, 15) is 0 Å². The molecule has 0 aromatic rings. The molecule has 2 unspecified atom stereocenters. The van der Waals surface area contributed by atoms with Gasteiger partial charge in [0.15, 0.2) is 0 Å². The maximum atomic E-state index is 2.44. The van der Waals surface area contributed by atoms with Gasteiger partial charge in [0.1, 0.15) is 0 Å². The molecule has 2 atom stereocenters. The van der Waals surface area contributed by atoms with Crippen LogP contribution < -0.4 is 0 Å². The first kappa shape index (κ1) is 12.7. The average Bonchev–Trinajstić information content (AvgIpc) is 2.04. The van der Waals surface area contributed by atoms with Crippen molar-refractivity contribution in [2.24, 2.45) is 11.8 Å². The highest BCUT2D eigenvalue weighted by Gasteiger charge is 2.02. The van der Waals surface area contributed by atoms with Crippen molar-refractivity contribution in [3.05, 3.63) is 11.6 Å². The minimum atomic E-state index is 0.758. The van der Waals surface area contributed by atoms with E-state index >= 15 is 0 Å². The molecule has 0 saturated heterocycles. The van der Waals surface area contributed by atoms with Gasteiger partial charge < -0.3 is 0 Å². The van der Waals surface area contributed by atoms with Gasteiger partial charge >= 0.3 is 0 Å². The Morgan fingerprint density at radius 3 is 2.31 bits per heavy atom. The van der Waals surface area contributed by atoms with E-state index in [1.807, 2.05) is 0 Å². The predicted octanol–water partition coefficient (Wildman–Crippen LogP) is 4.81. The minimum Gasteiger partial charge on any atom is -0.0828 e. The van der Waals surface area contributed by atoms with E-state index in [0.717, 1.165) is 11.8 Å². The van der Waals surface area contributed by atoms with E-state index in [4.69, 9.17) is 0 Å². The molecule has 0 saturated carbocycles. The molecule has 13 heavy (non-hydrogen) atoms. The molecule has 0 rings (SSSR count). The molecule has 0 nitrogen and oxygen atoms in total. The lowest BCUT2D eigenvalue weighted by molar-refractivity contribution is 0.517. The van der Waals surface area contributed by atoms with Crippen molar-refractivity contribution >= 4 is 0 Å². The summed E-state index contributed by atoms with van der Waals surface area (Å²) in [5.41, 5.74) is 1.58. The summed E-state index contributed by atoms with van der Waals surface area (Å²) in [7, 11) is 0. The summed E-state index contributed by atoms with van der Waals surface area (Å²) in [6, 6.07) is 0. The monoisotopic (exact) mass is 182 g/mol. The largest absolute Gasteiger partial charge is 0.0828 e. The second-order valence-corrected chi connectivity index (χ2v) is 4.50.